The first-order valence-corrected chi connectivity index (χ1v) is 4.32. The summed E-state index contributed by atoms with van der Waals surface area (Å²) in [6.45, 7) is 1.66. The number of benzene rings is 1. The molecule has 0 aliphatic carbocycles. The van der Waals surface area contributed by atoms with Gasteiger partial charge in [0.1, 0.15) is 0 Å². The Morgan fingerprint density at radius 1 is 1.25 bits per heavy atom. The van der Waals surface area contributed by atoms with Crippen molar-refractivity contribution < 1.29 is 13.2 Å². The topological polar surface area (TPSA) is 0 Å². The van der Waals surface area contributed by atoms with Gasteiger partial charge in [-0.25, -0.2) is 0 Å². The van der Waals surface area contributed by atoms with Crippen LogP contribution in [0.3, 0.4) is 0 Å². The summed E-state index contributed by atoms with van der Waals surface area (Å²) in [7, 11) is 0. The summed E-state index contributed by atoms with van der Waals surface area (Å²) in [5.74, 6) is 0. The zero-order valence-electron chi connectivity index (χ0n) is 6.24. The number of halogens is 4. The lowest BCUT2D eigenvalue weighted by Crippen LogP contribution is -2.05. The van der Waals surface area contributed by atoms with Crippen molar-refractivity contribution in [1.82, 2.24) is 0 Å². The Morgan fingerprint density at radius 3 is 2.25 bits per heavy atom. The highest BCUT2D eigenvalue weighted by Gasteiger charge is 2.30. The highest BCUT2D eigenvalue weighted by atomic mass is 127. The lowest BCUT2D eigenvalue weighted by Gasteiger charge is -2.07. The first-order chi connectivity index (χ1) is 5.41. The van der Waals surface area contributed by atoms with Crippen molar-refractivity contribution in [2.45, 2.75) is 13.1 Å². The Labute approximate surface area is 81.9 Å². The van der Waals surface area contributed by atoms with Crippen LogP contribution in [0.25, 0.3) is 0 Å². The summed E-state index contributed by atoms with van der Waals surface area (Å²) in [6, 6.07) is 3.72. The second-order valence-corrected chi connectivity index (χ2v) is 3.62. The van der Waals surface area contributed by atoms with E-state index >= 15 is 0 Å². The minimum absolute atomic E-state index is 0.583. The van der Waals surface area contributed by atoms with E-state index in [0.717, 1.165) is 15.7 Å². The van der Waals surface area contributed by atoms with E-state index in [9.17, 15) is 13.2 Å². The van der Waals surface area contributed by atoms with Crippen LogP contribution < -0.4 is 0 Å². The molecule has 0 saturated carbocycles. The van der Waals surface area contributed by atoms with E-state index in [1.54, 1.807) is 6.92 Å². The Kier molecular flexibility index (Phi) is 2.65. The van der Waals surface area contributed by atoms with Gasteiger partial charge in [0.15, 0.2) is 0 Å². The van der Waals surface area contributed by atoms with Crippen LogP contribution in [0.2, 0.25) is 0 Å². The zero-order chi connectivity index (χ0) is 9.35. The normalized spacial score (nSPS) is 11.8. The molecule has 1 rings (SSSR count). The minimum Gasteiger partial charge on any atom is -0.166 e. The Hall–Kier alpha value is -0.260. The molecule has 0 atom stereocenters. The molecular formula is C8H6F3I. The maximum absolute atomic E-state index is 12.1. The zero-order valence-corrected chi connectivity index (χ0v) is 8.40. The van der Waals surface area contributed by atoms with Crippen molar-refractivity contribution in [3.63, 3.8) is 0 Å². The Balaban J connectivity index is 3.14. The molecule has 0 unspecified atom stereocenters. The highest BCUT2D eigenvalue weighted by molar-refractivity contribution is 14.1. The molecule has 0 aliphatic heterocycles. The van der Waals surface area contributed by atoms with Gasteiger partial charge in [-0.3, -0.25) is 0 Å². The summed E-state index contributed by atoms with van der Waals surface area (Å²) >= 11 is 2.00. The molecular weight excluding hydrogens is 280 g/mol. The number of alkyl halides is 3. The number of hydrogen-bond donors (Lipinski definition) is 0. The van der Waals surface area contributed by atoms with E-state index in [1.807, 2.05) is 22.6 Å². The molecule has 0 amide bonds. The Bertz CT molecular complexity index is 291. The van der Waals surface area contributed by atoms with E-state index < -0.39 is 11.7 Å². The summed E-state index contributed by atoms with van der Waals surface area (Å²) in [5.41, 5.74) is 0.0749. The van der Waals surface area contributed by atoms with Crippen molar-refractivity contribution in [3.8, 4) is 0 Å². The van der Waals surface area contributed by atoms with E-state index in [-0.39, 0.29) is 0 Å². The van der Waals surface area contributed by atoms with Gasteiger partial charge in [-0.15, -0.1) is 0 Å². The maximum atomic E-state index is 12.1. The van der Waals surface area contributed by atoms with Crippen LogP contribution in [0.4, 0.5) is 13.2 Å². The smallest absolute Gasteiger partial charge is 0.166 e. The van der Waals surface area contributed by atoms with Gasteiger partial charge in [0.2, 0.25) is 0 Å². The van der Waals surface area contributed by atoms with Crippen LogP contribution in [0, 0.1) is 10.5 Å². The predicted octanol–water partition coefficient (Wildman–Crippen LogP) is 3.62. The quantitative estimate of drug-likeness (QED) is 0.639. The molecule has 0 aromatic heterocycles. The Morgan fingerprint density at radius 2 is 1.83 bits per heavy atom. The van der Waals surface area contributed by atoms with Gasteiger partial charge in [-0.2, -0.15) is 13.2 Å². The van der Waals surface area contributed by atoms with Crippen LogP contribution in [0.15, 0.2) is 18.2 Å². The standard InChI is InChI=1S/C8H6F3I/c1-5-4-6(8(9,10)11)2-3-7(5)12/h2-4H,1H3. The summed E-state index contributed by atoms with van der Waals surface area (Å²) in [6.07, 6.45) is -4.23. The molecule has 0 nitrogen and oxygen atoms in total. The second kappa shape index (κ2) is 3.24. The molecule has 0 saturated heterocycles. The van der Waals surface area contributed by atoms with Crippen molar-refractivity contribution in [2.75, 3.05) is 0 Å². The molecule has 66 valence electrons. The van der Waals surface area contributed by atoms with Crippen molar-refractivity contribution in [2.24, 2.45) is 0 Å². The molecule has 0 heterocycles. The third kappa shape index (κ3) is 2.12. The average molecular weight is 286 g/mol. The molecule has 0 fully saturated rings. The largest absolute Gasteiger partial charge is 0.416 e. The van der Waals surface area contributed by atoms with Crippen LogP contribution in [-0.2, 0) is 6.18 Å². The lowest BCUT2D eigenvalue weighted by molar-refractivity contribution is -0.137. The van der Waals surface area contributed by atoms with Crippen molar-refractivity contribution in [1.29, 1.82) is 0 Å². The molecule has 0 radical (unpaired) electrons. The summed E-state index contributed by atoms with van der Waals surface area (Å²) in [5, 5.41) is 0. The molecule has 0 bridgehead atoms. The third-order valence-electron chi connectivity index (χ3n) is 1.49. The average Bonchev–Trinajstić information content (AvgIpc) is 1.92. The fourth-order valence-corrected chi connectivity index (χ4v) is 1.16. The molecule has 0 spiro atoms. The van der Waals surface area contributed by atoms with Crippen LogP contribution >= 0.6 is 22.6 Å². The van der Waals surface area contributed by atoms with Crippen molar-refractivity contribution >= 4 is 22.6 Å². The van der Waals surface area contributed by atoms with E-state index in [0.29, 0.717) is 5.56 Å². The molecule has 4 heteroatoms. The van der Waals surface area contributed by atoms with Gasteiger partial charge < -0.3 is 0 Å². The van der Waals surface area contributed by atoms with E-state index in [2.05, 4.69) is 0 Å². The fourth-order valence-electron chi connectivity index (χ4n) is 0.821. The van der Waals surface area contributed by atoms with Gasteiger partial charge in [-0.05, 0) is 53.3 Å². The van der Waals surface area contributed by atoms with E-state index in [4.69, 9.17) is 0 Å². The molecule has 1 aromatic carbocycles. The summed E-state index contributed by atoms with van der Waals surface area (Å²) < 4.78 is 37.1. The first-order valence-electron chi connectivity index (χ1n) is 3.24. The third-order valence-corrected chi connectivity index (χ3v) is 2.70. The molecule has 12 heavy (non-hydrogen) atoms. The monoisotopic (exact) mass is 286 g/mol. The number of hydrogen-bond acceptors (Lipinski definition) is 0. The van der Waals surface area contributed by atoms with Gasteiger partial charge in [0, 0.05) is 3.57 Å². The number of rotatable bonds is 0. The highest BCUT2D eigenvalue weighted by Crippen LogP contribution is 2.30. The first kappa shape index (κ1) is 9.83. The SMILES string of the molecule is Cc1cc(C(F)(F)F)ccc1I. The summed E-state index contributed by atoms with van der Waals surface area (Å²) in [4.78, 5) is 0. The fraction of sp³-hybridized carbons (Fsp3) is 0.250. The molecule has 1 aromatic rings. The molecule has 0 N–H and O–H groups in total. The van der Waals surface area contributed by atoms with Gasteiger partial charge in [0.05, 0.1) is 5.56 Å². The number of aryl methyl sites for hydroxylation is 1. The molecule has 0 aliphatic rings. The van der Waals surface area contributed by atoms with Crippen LogP contribution in [-0.4, -0.2) is 0 Å². The van der Waals surface area contributed by atoms with Gasteiger partial charge >= 0.3 is 6.18 Å². The predicted molar refractivity (Wildman–Crippen MR) is 48.9 cm³/mol. The van der Waals surface area contributed by atoms with E-state index in [1.165, 1.54) is 6.07 Å². The minimum atomic E-state index is -4.23. The van der Waals surface area contributed by atoms with Gasteiger partial charge in [-0.1, -0.05) is 0 Å². The van der Waals surface area contributed by atoms with Crippen LogP contribution in [0.1, 0.15) is 11.1 Å². The second-order valence-electron chi connectivity index (χ2n) is 2.46. The van der Waals surface area contributed by atoms with Gasteiger partial charge in [0.25, 0.3) is 0 Å². The van der Waals surface area contributed by atoms with Crippen molar-refractivity contribution in [3.05, 3.63) is 32.9 Å². The van der Waals surface area contributed by atoms with Crippen LogP contribution in [0.5, 0.6) is 0 Å². The maximum Gasteiger partial charge on any atom is 0.416 e. The lowest BCUT2D eigenvalue weighted by atomic mass is 10.1.